The predicted octanol–water partition coefficient (Wildman–Crippen LogP) is 5.54. The Morgan fingerprint density at radius 1 is 0.519 bits per heavy atom. The van der Waals surface area contributed by atoms with Crippen LogP contribution >= 0.6 is 0 Å². The molecule has 0 aromatic heterocycles. The summed E-state index contributed by atoms with van der Waals surface area (Å²) in [4.78, 5) is 9.74. The van der Waals surface area contributed by atoms with E-state index in [4.69, 9.17) is 9.98 Å². The van der Waals surface area contributed by atoms with E-state index in [2.05, 4.69) is 55.4 Å². The Morgan fingerprint density at radius 2 is 0.889 bits per heavy atom. The van der Waals surface area contributed by atoms with Crippen molar-refractivity contribution in [2.75, 3.05) is 6.67 Å². The molecule has 1 aliphatic heterocycles. The Bertz CT molecular complexity index is 1060. The van der Waals surface area contributed by atoms with Gasteiger partial charge in [0, 0.05) is 11.1 Å². The van der Waals surface area contributed by atoms with E-state index in [0.29, 0.717) is 6.67 Å². The minimum atomic E-state index is 0.563. The number of benzene rings is 1. The van der Waals surface area contributed by atoms with Crippen LogP contribution in [0.3, 0.4) is 0 Å². The maximum Gasteiger partial charge on any atom is 0.130 e. The molecule has 1 heterocycles. The monoisotopic (exact) mass is 358 g/mol. The summed E-state index contributed by atoms with van der Waals surface area (Å²) in [5, 5.41) is 2.26. The maximum absolute atomic E-state index is 4.87. The summed E-state index contributed by atoms with van der Waals surface area (Å²) >= 11 is 0. The van der Waals surface area contributed by atoms with Crippen molar-refractivity contribution in [2.45, 2.75) is 68.2 Å². The zero-order chi connectivity index (χ0) is 19.6. The molecule has 0 spiro atoms. The van der Waals surface area contributed by atoms with Gasteiger partial charge >= 0.3 is 0 Å². The number of allylic oxidation sites excluding steroid dienone is 8. The van der Waals surface area contributed by atoms with Crippen molar-refractivity contribution in [2.24, 2.45) is 9.98 Å². The minimum Gasteiger partial charge on any atom is -0.259 e. The highest BCUT2D eigenvalue weighted by atomic mass is 15.0. The first kappa shape index (κ1) is 18.2. The molecule has 0 N–H and O–H groups in total. The van der Waals surface area contributed by atoms with Crippen molar-refractivity contribution in [3.05, 3.63) is 66.4 Å². The first-order valence-corrected chi connectivity index (χ1v) is 9.99. The predicted molar refractivity (Wildman–Crippen MR) is 114 cm³/mol. The molecule has 0 amide bonds. The Balaban J connectivity index is 2.02. The topological polar surface area (TPSA) is 24.7 Å². The van der Waals surface area contributed by atoms with E-state index in [1.54, 1.807) is 0 Å². The van der Waals surface area contributed by atoms with Gasteiger partial charge in [0.05, 0.1) is 10.7 Å². The lowest BCUT2D eigenvalue weighted by Crippen LogP contribution is -2.32. The normalized spacial score (nSPS) is 19.4. The maximum atomic E-state index is 4.87. The summed E-state index contributed by atoms with van der Waals surface area (Å²) in [5.74, 6) is 0. The standard InChI is InChI=1S/C25H30N2/c1-12-9-20(16(5)14(12)3)22-18(7)19(8)23(25-24(22)26-11-27-25)21-10-13(2)15(4)17(21)6/h9-11H2,1-8H3. The van der Waals surface area contributed by atoms with Crippen LogP contribution in [0.4, 0.5) is 0 Å². The molecule has 2 nitrogen and oxygen atoms in total. The van der Waals surface area contributed by atoms with E-state index in [9.17, 15) is 0 Å². The van der Waals surface area contributed by atoms with Gasteiger partial charge in [-0.15, -0.1) is 0 Å². The van der Waals surface area contributed by atoms with Crippen molar-refractivity contribution in [3.8, 4) is 0 Å². The van der Waals surface area contributed by atoms with Crippen molar-refractivity contribution in [1.29, 1.82) is 0 Å². The second-order valence-electron chi connectivity index (χ2n) is 8.53. The summed E-state index contributed by atoms with van der Waals surface area (Å²) in [6.07, 6.45) is 2.08. The fraction of sp³-hybridized carbons (Fsp3) is 0.440. The lowest BCUT2D eigenvalue weighted by Gasteiger charge is -2.18. The van der Waals surface area contributed by atoms with Crippen molar-refractivity contribution in [3.63, 3.8) is 0 Å². The number of rotatable bonds is 2. The molecule has 1 aromatic rings. The van der Waals surface area contributed by atoms with Gasteiger partial charge in [-0.05, 0) is 113 Å². The van der Waals surface area contributed by atoms with Gasteiger partial charge in [0.2, 0.25) is 0 Å². The third-order valence-corrected chi connectivity index (χ3v) is 7.27. The Hall–Kier alpha value is -2.22. The van der Waals surface area contributed by atoms with Crippen molar-refractivity contribution >= 4 is 11.1 Å². The van der Waals surface area contributed by atoms with Crippen LogP contribution in [0.2, 0.25) is 0 Å². The average molecular weight is 359 g/mol. The fourth-order valence-corrected chi connectivity index (χ4v) is 4.90. The van der Waals surface area contributed by atoms with Crippen LogP contribution in [0.5, 0.6) is 0 Å². The van der Waals surface area contributed by atoms with Gasteiger partial charge in [0.15, 0.2) is 0 Å². The molecular formula is C25H30N2. The van der Waals surface area contributed by atoms with Crippen LogP contribution in [0.1, 0.15) is 76.6 Å². The van der Waals surface area contributed by atoms with Crippen molar-refractivity contribution < 1.29 is 0 Å². The van der Waals surface area contributed by atoms with Gasteiger partial charge in [-0.25, -0.2) is 0 Å². The summed E-state index contributed by atoms with van der Waals surface area (Å²) in [7, 11) is 0. The van der Waals surface area contributed by atoms with Gasteiger partial charge in [-0.1, -0.05) is 11.1 Å². The smallest absolute Gasteiger partial charge is 0.130 e. The van der Waals surface area contributed by atoms with Gasteiger partial charge in [0.25, 0.3) is 0 Å². The molecule has 3 aliphatic rings. The Kier molecular flexibility index (Phi) is 4.14. The molecule has 2 heteroatoms. The van der Waals surface area contributed by atoms with Gasteiger partial charge in [-0.2, -0.15) is 0 Å². The van der Waals surface area contributed by atoms with Crippen LogP contribution in [0.25, 0.3) is 11.1 Å². The largest absolute Gasteiger partial charge is 0.259 e. The summed E-state index contributed by atoms with van der Waals surface area (Å²) < 4.78 is 0. The lowest BCUT2D eigenvalue weighted by molar-refractivity contribution is 1.05. The van der Waals surface area contributed by atoms with E-state index >= 15 is 0 Å². The third-order valence-electron chi connectivity index (χ3n) is 7.27. The molecule has 1 aromatic carbocycles. The second kappa shape index (κ2) is 6.15. The molecule has 0 atom stereocenters. The molecule has 140 valence electrons. The van der Waals surface area contributed by atoms with E-state index in [1.807, 2.05) is 0 Å². The number of fused-ring (bicyclic) bond motifs is 1. The quantitative estimate of drug-likeness (QED) is 0.663. The molecular weight excluding hydrogens is 328 g/mol. The van der Waals surface area contributed by atoms with Gasteiger partial charge < -0.3 is 0 Å². The van der Waals surface area contributed by atoms with Crippen LogP contribution in [-0.2, 0) is 0 Å². The molecule has 0 fully saturated rings. The highest BCUT2D eigenvalue weighted by Crippen LogP contribution is 2.41. The number of nitrogens with zero attached hydrogens (tertiary/aromatic N) is 2. The fourth-order valence-electron chi connectivity index (χ4n) is 4.90. The van der Waals surface area contributed by atoms with Crippen LogP contribution in [-0.4, -0.2) is 6.67 Å². The minimum absolute atomic E-state index is 0.563. The molecule has 0 unspecified atom stereocenters. The first-order valence-electron chi connectivity index (χ1n) is 9.99. The highest BCUT2D eigenvalue weighted by Gasteiger charge is 2.27. The molecule has 0 saturated carbocycles. The Morgan fingerprint density at radius 3 is 1.19 bits per heavy atom. The van der Waals surface area contributed by atoms with Gasteiger partial charge in [0.1, 0.15) is 6.67 Å². The zero-order valence-corrected chi connectivity index (χ0v) is 18.0. The molecule has 2 aliphatic carbocycles. The summed E-state index contributed by atoms with van der Waals surface area (Å²) in [5.41, 5.74) is 17.1. The van der Waals surface area contributed by atoms with Crippen LogP contribution in [0, 0.1) is 13.8 Å². The second-order valence-corrected chi connectivity index (χ2v) is 8.53. The van der Waals surface area contributed by atoms with Crippen LogP contribution < -0.4 is 10.7 Å². The van der Waals surface area contributed by atoms with Crippen LogP contribution in [0.15, 0.2) is 43.4 Å². The zero-order valence-electron chi connectivity index (χ0n) is 18.0. The van der Waals surface area contributed by atoms with E-state index in [1.165, 1.54) is 66.8 Å². The number of hydrogen-bond donors (Lipinski definition) is 0. The van der Waals surface area contributed by atoms with E-state index < -0.39 is 0 Å². The lowest BCUT2D eigenvalue weighted by atomic mass is 9.86. The molecule has 0 saturated heterocycles. The average Bonchev–Trinajstić information content (AvgIpc) is 3.27. The summed E-state index contributed by atoms with van der Waals surface area (Å²) in [6, 6.07) is 0. The summed E-state index contributed by atoms with van der Waals surface area (Å²) in [6.45, 7) is 18.7. The third kappa shape index (κ3) is 2.46. The van der Waals surface area contributed by atoms with E-state index in [0.717, 1.165) is 23.6 Å². The molecule has 0 bridgehead atoms. The molecule has 27 heavy (non-hydrogen) atoms. The molecule has 0 radical (unpaired) electrons. The van der Waals surface area contributed by atoms with Gasteiger partial charge in [-0.3, -0.25) is 9.98 Å². The SMILES string of the molecule is CC1=C(C)C(C)=C(c2c(C)c(C)c(C3=C(C)C(C)=C(C)C3)c3c2=NCN=3)C1. The number of hydrogen-bond acceptors (Lipinski definition) is 2. The Labute approximate surface area is 162 Å². The van der Waals surface area contributed by atoms with Crippen molar-refractivity contribution in [1.82, 2.24) is 0 Å². The van der Waals surface area contributed by atoms with E-state index in [-0.39, 0.29) is 0 Å². The first-order chi connectivity index (χ1) is 12.7. The highest BCUT2D eigenvalue weighted by molar-refractivity contribution is 5.84. The molecule has 4 rings (SSSR count).